The fourth-order valence-corrected chi connectivity index (χ4v) is 1.24. The van der Waals surface area contributed by atoms with Gasteiger partial charge in [0.05, 0.1) is 0 Å². The molecule has 8 heavy (non-hydrogen) atoms. The predicted molar refractivity (Wildman–Crippen MR) is 35.9 cm³/mol. The monoisotopic (exact) mass is 113 g/mol. The highest BCUT2D eigenvalue weighted by atomic mass is 15.0. The maximum atomic E-state index is 3.33. The molecule has 0 aromatic carbocycles. The molecule has 0 spiro atoms. The van der Waals surface area contributed by atoms with Gasteiger partial charge in [-0.3, -0.25) is 0 Å². The number of hydrogen-bond acceptors (Lipinski definition) is 1. The highest BCUT2D eigenvalue weighted by Crippen LogP contribution is 2.36. The van der Waals surface area contributed by atoms with Gasteiger partial charge >= 0.3 is 0 Å². The van der Waals surface area contributed by atoms with E-state index in [-0.39, 0.29) is 0 Å². The largest absolute Gasteiger partial charge is 0.314 e. The summed E-state index contributed by atoms with van der Waals surface area (Å²) in [6.07, 6.45) is 2.75. The van der Waals surface area contributed by atoms with E-state index < -0.39 is 0 Å². The van der Waals surface area contributed by atoms with E-state index in [0.717, 1.165) is 5.92 Å². The zero-order chi connectivity index (χ0) is 6.20. The molecule has 2 atom stereocenters. The van der Waals surface area contributed by atoms with Crippen LogP contribution in [0.3, 0.4) is 0 Å². The van der Waals surface area contributed by atoms with Gasteiger partial charge in [-0.05, 0) is 32.7 Å². The van der Waals surface area contributed by atoms with Gasteiger partial charge in [-0.1, -0.05) is 6.92 Å². The van der Waals surface area contributed by atoms with Crippen molar-refractivity contribution in [1.82, 2.24) is 5.32 Å². The van der Waals surface area contributed by atoms with Crippen LogP contribution in [0.1, 0.15) is 26.7 Å². The van der Waals surface area contributed by atoms with Gasteiger partial charge in [0.25, 0.3) is 0 Å². The van der Waals surface area contributed by atoms with Crippen molar-refractivity contribution in [2.45, 2.75) is 32.2 Å². The summed E-state index contributed by atoms with van der Waals surface area (Å²) in [5.41, 5.74) is 0.472. The molecule has 1 nitrogen and oxygen atoms in total. The van der Waals surface area contributed by atoms with Gasteiger partial charge < -0.3 is 5.32 Å². The van der Waals surface area contributed by atoms with Crippen LogP contribution in [0.2, 0.25) is 0 Å². The van der Waals surface area contributed by atoms with Gasteiger partial charge in [0, 0.05) is 5.54 Å². The molecule has 48 valence electrons. The van der Waals surface area contributed by atoms with Crippen molar-refractivity contribution in [1.29, 1.82) is 0 Å². The maximum absolute atomic E-state index is 3.33. The third-order valence-corrected chi connectivity index (χ3v) is 2.76. The number of hydrogen-bond donors (Lipinski definition) is 1. The summed E-state index contributed by atoms with van der Waals surface area (Å²) < 4.78 is 0. The van der Waals surface area contributed by atoms with E-state index in [9.17, 15) is 0 Å². The zero-order valence-electron chi connectivity index (χ0n) is 5.99. The van der Waals surface area contributed by atoms with Crippen molar-refractivity contribution in [3.63, 3.8) is 0 Å². The predicted octanol–water partition coefficient (Wildman–Crippen LogP) is 1.39. The molecule has 1 saturated carbocycles. The molecule has 1 aliphatic carbocycles. The van der Waals surface area contributed by atoms with E-state index in [1.165, 1.54) is 12.8 Å². The minimum Gasteiger partial charge on any atom is -0.314 e. The lowest BCUT2D eigenvalue weighted by Gasteiger charge is -2.45. The molecule has 1 aliphatic rings. The lowest BCUT2D eigenvalue weighted by atomic mass is 9.69. The molecule has 1 heteroatoms. The minimum absolute atomic E-state index is 0.472. The number of nitrogens with one attached hydrogen (secondary N) is 1. The van der Waals surface area contributed by atoms with Crippen LogP contribution < -0.4 is 5.32 Å². The Labute approximate surface area is 51.5 Å². The van der Waals surface area contributed by atoms with Crippen molar-refractivity contribution in [3.8, 4) is 0 Å². The third-order valence-electron chi connectivity index (χ3n) is 2.76. The standard InChI is InChI=1S/C7H15N/c1-6-4-5-7(6,2)8-3/h6,8H,4-5H2,1-3H3. The summed E-state index contributed by atoms with van der Waals surface area (Å²) in [6, 6.07) is 0. The lowest BCUT2D eigenvalue weighted by molar-refractivity contribution is 0.127. The smallest absolute Gasteiger partial charge is 0.0176 e. The average molecular weight is 113 g/mol. The van der Waals surface area contributed by atoms with E-state index in [1.54, 1.807) is 0 Å². The van der Waals surface area contributed by atoms with Crippen LogP contribution in [0.25, 0.3) is 0 Å². The highest BCUT2D eigenvalue weighted by Gasteiger charge is 2.37. The first-order valence-corrected chi connectivity index (χ1v) is 3.38. The summed E-state index contributed by atoms with van der Waals surface area (Å²) in [7, 11) is 2.05. The van der Waals surface area contributed by atoms with Crippen molar-refractivity contribution < 1.29 is 0 Å². The molecule has 0 radical (unpaired) electrons. The van der Waals surface area contributed by atoms with E-state index in [4.69, 9.17) is 0 Å². The van der Waals surface area contributed by atoms with E-state index >= 15 is 0 Å². The first-order chi connectivity index (χ1) is 3.69. The van der Waals surface area contributed by atoms with Gasteiger partial charge in [-0.2, -0.15) is 0 Å². The molecule has 1 N–H and O–H groups in total. The Morgan fingerprint density at radius 1 is 1.62 bits per heavy atom. The second-order valence-corrected chi connectivity index (χ2v) is 3.11. The third kappa shape index (κ3) is 0.655. The van der Waals surface area contributed by atoms with Gasteiger partial charge in [0.1, 0.15) is 0 Å². The van der Waals surface area contributed by atoms with Gasteiger partial charge in [-0.25, -0.2) is 0 Å². The van der Waals surface area contributed by atoms with Crippen molar-refractivity contribution in [2.24, 2.45) is 5.92 Å². The summed E-state index contributed by atoms with van der Waals surface area (Å²) >= 11 is 0. The van der Waals surface area contributed by atoms with Crippen LogP contribution in [0.15, 0.2) is 0 Å². The minimum atomic E-state index is 0.472. The molecule has 1 fully saturated rings. The van der Waals surface area contributed by atoms with Crippen LogP contribution in [0, 0.1) is 5.92 Å². The Balaban J connectivity index is 2.42. The summed E-state index contributed by atoms with van der Waals surface area (Å²) in [4.78, 5) is 0. The normalized spacial score (nSPS) is 46.1. The van der Waals surface area contributed by atoms with Crippen LogP contribution in [-0.2, 0) is 0 Å². The van der Waals surface area contributed by atoms with E-state index in [1.807, 2.05) is 0 Å². The van der Waals surface area contributed by atoms with Crippen LogP contribution in [0.4, 0.5) is 0 Å². The molecule has 0 bridgehead atoms. The Kier molecular flexibility index (Phi) is 1.31. The molecule has 0 amide bonds. The second-order valence-electron chi connectivity index (χ2n) is 3.11. The molecular weight excluding hydrogens is 98.1 g/mol. The molecule has 0 aromatic rings. The number of rotatable bonds is 1. The molecule has 0 saturated heterocycles. The molecule has 1 rings (SSSR count). The fourth-order valence-electron chi connectivity index (χ4n) is 1.24. The maximum Gasteiger partial charge on any atom is 0.0176 e. The second kappa shape index (κ2) is 1.73. The fraction of sp³-hybridized carbons (Fsp3) is 1.00. The quantitative estimate of drug-likeness (QED) is 0.542. The van der Waals surface area contributed by atoms with Crippen LogP contribution in [0.5, 0.6) is 0 Å². The SMILES string of the molecule is CNC1(C)CCC1C. The first kappa shape index (κ1) is 6.09. The van der Waals surface area contributed by atoms with Gasteiger partial charge in [0.2, 0.25) is 0 Å². The molecule has 0 aliphatic heterocycles. The van der Waals surface area contributed by atoms with Gasteiger partial charge in [-0.15, -0.1) is 0 Å². The topological polar surface area (TPSA) is 12.0 Å². The first-order valence-electron chi connectivity index (χ1n) is 3.38. The van der Waals surface area contributed by atoms with E-state index in [2.05, 4.69) is 26.2 Å². The summed E-state index contributed by atoms with van der Waals surface area (Å²) in [5, 5.41) is 3.33. The van der Waals surface area contributed by atoms with Crippen LogP contribution >= 0.6 is 0 Å². The molecule has 0 heterocycles. The lowest BCUT2D eigenvalue weighted by Crippen LogP contribution is -2.52. The molecular formula is C7H15N. The summed E-state index contributed by atoms with van der Waals surface area (Å²) in [5.74, 6) is 0.882. The van der Waals surface area contributed by atoms with Crippen molar-refractivity contribution in [2.75, 3.05) is 7.05 Å². The Morgan fingerprint density at radius 2 is 2.25 bits per heavy atom. The van der Waals surface area contributed by atoms with Crippen LogP contribution in [-0.4, -0.2) is 12.6 Å². The Hall–Kier alpha value is -0.0400. The van der Waals surface area contributed by atoms with Gasteiger partial charge in [0.15, 0.2) is 0 Å². The highest BCUT2D eigenvalue weighted by molar-refractivity contribution is 4.95. The van der Waals surface area contributed by atoms with E-state index in [0.29, 0.717) is 5.54 Å². The molecule has 2 unspecified atom stereocenters. The average Bonchev–Trinajstić information content (AvgIpc) is 1.83. The Morgan fingerprint density at radius 3 is 2.25 bits per heavy atom. The van der Waals surface area contributed by atoms with Crippen molar-refractivity contribution >= 4 is 0 Å². The van der Waals surface area contributed by atoms with Crippen molar-refractivity contribution in [3.05, 3.63) is 0 Å². The zero-order valence-corrected chi connectivity index (χ0v) is 5.99. The molecule has 0 aromatic heterocycles. The Bertz CT molecular complexity index is 86.4. The summed E-state index contributed by atoms with van der Waals surface area (Å²) in [6.45, 7) is 4.60.